The summed E-state index contributed by atoms with van der Waals surface area (Å²) in [6, 6.07) is 11.2. The van der Waals surface area contributed by atoms with Crippen molar-refractivity contribution in [1.29, 1.82) is 0 Å². The first-order valence-corrected chi connectivity index (χ1v) is 9.22. The van der Waals surface area contributed by atoms with Gasteiger partial charge in [0, 0.05) is 22.5 Å². The van der Waals surface area contributed by atoms with Crippen molar-refractivity contribution in [2.75, 3.05) is 10.6 Å². The maximum absolute atomic E-state index is 13.3. The Morgan fingerprint density at radius 1 is 1.13 bits per heavy atom. The number of nitro groups is 1. The zero-order chi connectivity index (χ0) is 22.6. The van der Waals surface area contributed by atoms with E-state index in [1.165, 1.54) is 6.26 Å². The van der Waals surface area contributed by atoms with Gasteiger partial charge in [-0.25, -0.2) is 0 Å². The average molecular weight is 454 g/mol. The lowest BCUT2D eigenvalue weighted by Gasteiger charge is -2.19. The zero-order valence-corrected chi connectivity index (χ0v) is 16.4. The summed E-state index contributed by atoms with van der Waals surface area (Å²) in [7, 11) is 0. The lowest BCUT2D eigenvalue weighted by atomic mass is 10.1. The third-order valence-electron chi connectivity index (χ3n) is 4.24. The lowest BCUT2D eigenvalue weighted by Crippen LogP contribution is -2.20. The maximum Gasteiger partial charge on any atom is 0.423 e. The van der Waals surface area contributed by atoms with Gasteiger partial charge in [-0.05, 0) is 48.5 Å². The maximum atomic E-state index is 13.3. The van der Waals surface area contributed by atoms with Crippen LogP contribution in [0, 0.1) is 10.1 Å². The lowest BCUT2D eigenvalue weighted by molar-refractivity contribution is -0.388. The number of nitro benzene ring substituents is 1. The number of amides is 1. The average Bonchev–Trinajstić information content (AvgIpc) is 3.23. The fraction of sp³-hybridized carbons (Fsp3) is 0.150. The van der Waals surface area contributed by atoms with Gasteiger partial charge in [-0.1, -0.05) is 11.6 Å². The van der Waals surface area contributed by atoms with Crippen molar-refractivity contribution in [3.05, 3.63) is 87.3 Å². The van der Waals surface area contributed by atoms with E-state index in [2.05, 4.69) is 10.6 Å². The number of anilines is 2. The molecule has 0 spiro atoms. The molecule has 3 aromatic rings. The van der Waals surface area contributed by atoms with E-state index in [9.17, 15) is 28.1 Å². The molecule has 1 atom stereocenters. The molecular formula is C20H15ClF3N3O4. The molecule has 1 aromatic heterocycles. The number of carbonyl (C=O) groups is 1. The first-order chi connectivity index (χ1) is 14.6. The number of hydrogen-bond donors (Lipinski definition) is 2. The molecule has 0 bridgehead atoms. The summed E-state index contributed by atoms with van der Waals surface area (Å²) < 4.78 is 45.1. The van der Waals surface area contributed by atoms with Crippen LogP contribution in [-0.2, 0) is 11.0 Å². The predicted octanol–water partition coefficient (Wildman–Crippen LogP) is 6.04. The molecule has 7 nitrogen and oxygen atoms in total. The molecule has 1 heterocycles. The quantitative estimate of drug-likeness (QED) is 0.335. The first kappa shape index (κ1) is 22.2. The van der Waals surface area contributed by atoms with E-state index in [1.54, 1.807) is 36.4 Å². The molecule has 0 aliphatic carbocycles. The molecule has 0 aliphatic rings. The molecule has 3 rings (SSSR count). The summed E-state index contributed by atoms with van der Waals surface area (Å²) in [4.78, 5) is 22.3. The highest BCUT2D eigenvalue weighted by molar-refractivity contribution is 6.30. The van der Waals surface area contributed by atoms with E-state index in [-0.39, 0.29) is 12.1 Å². The van der Waals surface area contributed by atoms with Gasteiger partial charge in [-0.3, -0.25) is 14.9 Å². The Morgan fingerprint density at radius 3 is 2.39 bits per heavy atom. The molecule has 0 aliphatic heterocycles. The van der Waals surface area contributed by atoms with Gasteiger partial charge >= 0.3 is 6.18 Å². The van der Waals surface area contributed by atoms with Gasteiger partial charge in [0.2, 0.25) is 5.91 Å². The molecule has 2 N–H and O–H groups in total. The van der Waals surface area contributed by atoms with E-state index in [0.29, 0.717) is 22.5 Å². The summed E-state index contributed by atoms with van der Waals surface area (Å²) in [6.07, 6.45) is -3.75. The van der Waals surface area contributed by atoms with Crippen LogP contribution < -0.4 is 10.6 Å². The summed E-state index contributed by atoms with van der Waals surface area (Å²) in [5.74, 6) is -0.132. The Kier molecular flexibility index (Phi) is 6.50. The van der Waals surface area contributed by atoms with E-state index < -0.39 is 34.3 Å². The molecule has 0 saturated carbocycles. The third kappa shape index (κ3) is 5.76. The molecular weight excluding hydrogens is 439 g/mol. The van der Waals surface area contributed by atoms with Gasteiger partial charge in [0.15, 0.2) is 0 Å². The number of nitrogens with zero attached hydrogens (tertiary/aromatic N) is 1. The van der Waals surface area contributed by atoms with Crippen molar-refractivity contribution in [2.24, 2.45) is 0 Å². The van der Waals surface area contributed by atoms with Crippen LogP contribution >= 0.6 is 11.6 Å². The van der Waals surface area contributed by atoms with Crippen LogP contribution in [-0.4, -0.2) is 10.8 Å². The van der Waals surface area contributed by atoms with Crippen LogP contribution in [0.2, 0.25) is 5.02 Å². The number of nitrogens with one attached hydrogen (secondary N) is 2. The minimum Gasteiger partial charge on any atom is -0.467 e. The normalized spacial score (nSPS) is 12.3. The van der Waals surface area contributed by atoms with Crippen LogP contribution in [0.1, 0.15) is 23.8 Å². The smallest absolute Gasteiger partial charge is 0.423 e. The van der Waals surface area contributed by atoms with E-state index >= 15 is 0 Å². The number of benzene rings is 2. The van der Waals surface area contributed by atoms with Crippen molar-refractivity contribution in [1.82, 2.24) is 0 Å². The highest BCUT2D eigenvalue weighted by Crippen LogP contribution is 2.38. The highest BCUT2D eigenvalue weighted by atomic mass is 35.5. The van der Waals surface area contributed by atoms with Crippen molar-refractivity contribution < 1.29 is 27.3 Å². The fourth-order valence-electron chi connectivity index (χ4n) is 2.86. The van der Waals surface area contributed by atoms with Crippen LogP contribution in [0.5, 0.6) is 0 Å². The number of alkyl halides is 3. The van der Waals surface area contributed by atoms with Crippen LogP contribution in [0.25, 0.3) is 0 Å². The summed E-state index contributed by atoms with van der Waals surface area (Å²) in [5, 5.41) is 16.9. The molecule has 1 amide bonds. The first-order valence-electron chi connectivity index (χ1n) is 8.84. The Labute approximate surface area is 179 Å². The summed E-state index contributed by atoms with van der Waals surface area (Å²) >= 11 is 5.81. The van der Waals surface area contributed by atoms with E-state index in [0.717, 1.165) is 12.1 Å². The number of furan rings is 1. The fourth-order valence-corrected chi connectivity index (χ4v) is 2.98. The molecule has 1 unspecified atom stereocenters. The van der Waals surface area contributed by atoms with Crippen LogP contribution in [0.4, 0.5) is 30.2 Å². The molecule has 162 valence electrons. The van der Waals surface area contributed by atoms with Gasteiger partial charge in [-0.15, -0.1) is 0 Å². The van der Waals surface area contributed by atoms with Gasteiger partial charge in [0.25, 0.3) is 5.69 Å². The van der Waals surface area contributed by atoms with Gasteiger partial charge in [0.1, 0.15) is 11.3 Å². The zero-order valence-electron chi connectivity index (χ0n) is 15.7. The van der Waals surface area contributed by atoms with Crippen molar-refractivity contribution in [3.8, 4) is 0 Å². The number of carbonyl (C=O) groups excluding carboxylic acids is 1. The van der Waals surface area contributed by atoms with Gasteiger partial charge in [-0.2, -0.15) is 13.2 Å². The molecule has 0 saturated heterocycles. The molecule has 31 heavy (non-hydrogen) atoms. The largest absolute Gasteiger partial charge is 0.467 e. The van der Waals surface area contributed by atoms with Gasteiger partial charge < -0.3 is 15.1 Å². The van der Waals surface area contributed by atoms with Crippen molar-refractivity contribution in [3.63, 3.8) is 0 Å². The van der Waals surface area contributed by atoms with E-state index in [4.69, 9.17) is 16.0 Å². The third-order valence-corrected chi connectivity index (χ3v) is 4.50. The van der Waals surface area contributed by atoms with Crippen LogP contribution in [0.3, 0.4) is 0 Å². The SMILES string of the molecule is O=C(CC(Nc1ccc([N+](=O)[O-])c(C(F)(F)F)c1)c1ccco1)Nc1ccc(Cl)cc1. The predicted molar refractivity (Wildman–Crippen MR) is 108 cm³/mol. The number of halogens is 4. The summed E-state index contributed by atoms with van der Waals surface area (Å²) in [6.45, 7) is 0. The monoisotopic (exact) mass is 453 g/mol. The Hall–Kier alpha value is -3.53. The second-order valence-corrected chi connectivity index (χ2v) is 6.89. The molecule has 11 heteroatoms. The number of hydrogen-bond acceptors (Lipinski definition) is 5. The highest BCUT2D eigenvalue weighted by Gasteiger charge is 2.38. The standard InChI is InChI=1S/C20H15ClF3N3O4/c21-12-3-5-13(6-4-12)26-19(28)11-16(18-2-1-9-31-18)25-14-7-8-17(27(29)30)15(10-14)20(22,23)24/h1-10,16,25H,11H2,(H,26,28). The molecule has 0 fully saturated rings. The Bertz CT molecular complexity index is 1070. The van der Waals surface area contributed by atoms with Gasteiger partial charge in [0.05, 0.1) is 23.6 Å². The minimum atomic E-state index is -4.92. The van der Waals surface area contributed by atoms with Crippen molar-refractivity contribution in [2.45, 2.75) is 18.6 Å². The minimum absolute atomic E-state index is 0.0568. The van der Waals surface area contributed by atoms with Crippen molar-refractivity contribution >= 4 is 34.6 Å². The molecule has 2 aromatic carbocycles. The Morgan fingerprint density at radius 2 is 1.81 bits per heavy atom. The van der Waals surface area contributed by atoms with Crippen LogP contribution in [0.15, 0.2) is 65.3 Å². The molecule has 0 radical (unpaired) electrons. The second-order valence-electron chi connectivity index (χ2n) is 6.46. The Balaban J connectivity index is 1.83. The van der Waals surface area contributed by atoms with E-state index in [1.807, 2.05) is 0 Å². The second kappa shape index (κ2) is 9.09. The summed E-state index contributed by atoms with van der Waals surface area (Å²) in [5.41, 5.74) is -2.03. The number of rotatable bonds is 7. The topological polar surface area (TPSA) is 97.4 Å².